The highest BCUT2D eigenvalue weighted by molar-refractivity contribution is 7.19. The predicted molar refractivity (Wildman–Crippen MR) is 126 cm³/mol. The van der Waals surface area contributed by atoms with Gasteiger partial charge in [0.25, 0.3) is 5.56 Å². The number of fused-ring (bicyclic) bond motifs is 3. The number of pyridine rings is 1. The molecule has 4 rings (SSSR count). The molecule has 0 fully saturated rings. The molecule has 0 bridgehead atoms. The van der Waals surface area contributed by atoms with Crippen LogP contribution >= 0.6 is 11.3 Å². The number of anilines is 1. The summed E-state index contributed by atoms with van der Waals surface area (Å²) in [7, 11) is 3.23. The van der Waals surface area contributed by atoms with Crippen LogP contribution in [0.5, 0.6) is 11.5 Å². The molecule has 0 saturated heterocycles. The van der Waals surface area contributed by atoms with Gasteiger partial charge in [0, 0.05) is 21.2 Å². The van der Waals surface area contributed by atoms with Gasteiger partial charge in [-0.25, -0.2) is 0 Å². The summed E-state index contributed by atoms with van der Waals surface area (Å²) in [5.41, 5.74) is 8.99. The fourth-order valence-electron chi connectivity index (χ4n) is 4.06. The summed E-state index contributed by atoms with van der Waals surface area (Å²) < 4.78 is 10.7. The molecule has 0 atom stereocenters. The lowest BCUT2D eigenvalue weighted by molar-refractivity contribution is 0.355. The van der Waals surface area contributed by atoms with E-state index in [1.165, 1.54) is 11.3 Å². The Bertz CT molecular complexity index is 1350. The average Bonchev–Trinajstić information content (AvgIpc) is 3.11. The molecule has 0 spiro atoms. The second-order valence-corrected chi connectivity index (χ2v) is 9.15. The average molecular weight is 434 g/mol. The van der Waals surface area contributed by atoms with Crippen LogP contribution < -0.4 is 20.8 Å². The number of methoxy groups -OCH3 is 2. The van der Waals surface area contributed by atoms with E-state index in [0.29, 0.717) is 16.3 Å². The Morgan fingerprint density at radius 2 is 1.97 bits per heavy atom. The Balaban J connectivity index is 1.82. The lowest BCUT2D eigenvalue weighted by atomic mass is 9.77. The number of nitrogens with two attached hydrogens (primary N) is 1. The second kappa shape index (κ2) is 7.64. The second-order valence-electron chi connectivity index (χ2n) is 8.13. The molecule has 7 heteroatoms. The molecular weight excluding hydrogens is 410 g/mol. The van der Waals surface area contributed by atoms with Crippen molar-refractivity contribution in [3.8, 4) is 17.6 Å². The van der Waals surface area contributed by atoms with Gasteiger partial charge in [-0.15, -0.1) is 11.3 Å². The summed E-state index contributed by atoms with van der Waals surface area (Å²) in [5, 5.41) is 10.1. The predicted octanol–water partition coefficient (Wildman–Crippen LogP) is 4.84. The van der Waals surface area contributed by atoms with Gasteiger partial charge in [-0.3, -0.25) is 4.79 Å². The molecular formula is C24H23N3O3S. The van der Waals surface area contributed by atoms with Crippen molar-refractivity contribution >= 4 is 39.4 Å². The third-order valence-electron chi connectivity index (χ3n) is 5.54. The molecule has 2 heterocycles. The number of H-pyrrole nitrogens is 1. The number of aromatic nitrogens is 1. The van der Waals surface area contributed by atoms with Gasteiger partial charge in [-0.2, -0.15) is 5.26 Å². The summed E-state index contributed by atoms with van der Waals surface area (Å²) in [6, 6.07) is 7.71. The molecule has 0 radical (unpaired) electrons. The third kappa shape index (κ3) is 3.49. The van der Waals surface area contributed by atoms with Crippen LogP contribution in [0.25, 0.3) is 22.4 Å². The smallest absolute Gasteiger partial charge is 0.269 e. The summed E-state index contributed by atoms with van der Waals surface area (Å²) >= 11 is 1.54. The van der Waals surface area contributed by atoms with E-state index in [9.17, 15) is 10.1 Å². The molecule has 31 heavy (non-hydrogen) atoms. The zero-order valence-electron chi connectivity index (χ0n) is 17.8. The highest BCUT2D eigenvalue weighted by Gasteiger charge is 2.32. The maximum Gasteiger partial charge on any atom is 0.269 e. The quantitative estimate of drug-likeness (QED) is 0.613. The van der Waals surface area contributed by atoms with Crippen molar-refractivity contribution in [2.75, 3.05) is 20.0 Å². The van der Waals surface area contributed by atoms with Crippen LogP contribution in [0.3, 0.4) is 0 Å². The normalized spacial score (nSPS) is 14.9. The molecule has 1 aliphatic rings. The van der Waals surface area contributed by atoms with Gasteiger partial charge in [0.15, 0.2) is 11.5 Å². The third-order valence-corrected chi connectivity index (χ3v) is 7.02. The number of benzene rings is 1. The van der Waals surface area contributed by atoms with Crippen LogP contribution in [0.4, 0.5) is 5.69 Å². The number of aromatic amines is 1. The molecule has 6 nitrogen and oxygen atoms in total. The molecule has 1 aromatic carbocycles. The number of thiophene rings is 1. The summed E-state index contributed by atoms with van der Waals surface area (Å²) in [6.45, 7) is 4.36. The van der Waals surface area contributed by atoms with E-state index in [2.05, 4.69) is 31.0 Å². The van der Waals surface area contributed by atoms with E-state index in [1.807, 2.05) is 30.3 Å². The topological polar surface area (TPSA) is 101 Å². The zero-order valence-corrected chi connectivity index (χ0v) is 18.6. The SMILES string of the molecule is COc1ccc(/C=C/C2=Cc3c(sc4[nH]c(=O)c(C#N)c(N)c34)C(C)(C)C2)cc1OC. The van der Waals surface area contributed by atoms with Gasteiger partial charge < -0.3 is 20.2 Å². The summed E-state index contributed by atoms with van der Waals surface area (Å²) in [4.78, 5) is 16.9. The highest BCUT2D eigenvalue weighted by Crippen LogP contribution is 2.47. The molecule has 3 N–H and O–H groups in total. The first-order valence-electron chi connectivity index (χ1n) is 9.78. The maximum atomic E-state index is 12.2. The fraction of sp³-hybridized carbons (Fsp3) is 0.250. The lowest BCUT2D eigenvalue weighted by Crippen LogP contribution is -2.20. The van der Waals surface area contributed by atoms with E-state index >= 15 is 0 Å². The van der Waals surface area contributed by atoms with E-state index in [0.717, 1.165) is 33.4 Å². The van der Waals surface area contributed by atoms with Crippen molar-refractivity contribution in [2.45, 2.75) is 25.7 Å². The number of hydrogen-bond donors (Lipinski definition) is 2. The van der Waals surface area contributed by atoms with E-state index in [1.54, 1.807) is 14.2 Å². The first kappa shape index (κ1) is 20.8. The van der Waals surface area contributed by atoms with Crippen LogP contribution in [-0.2, 0) is 5.41 Å². The van der Waals surface area contributed by atoms with Crippen LogP contribution in [0.15, 0.2) is 34.6 Å². The summed E-state index contributed by atoms with van der Waals surface area (Å²) in [5.74, 6) is 1.36. The van der Waals surface area contributed by atoms with Crippen molar-refractivity contribution in [3.63, 3.8) is 0 Å². The Hall–Kier alpha value is -3.50. The minimum absolute atomic E-state index is 0.0349. The van der Waals surface area contributed by atoms with Crippen LogP contribution in [0.1, 0.15) is 41.8 Å². The van der Waals surface area contributed by atoms with Gasteiger partial charge in [0.2, 0.25) is 0 Å². The molecule has 0 unspecified atom stereocenters. The Labute approximate surface area is 184 Å². The first-order valence-corrected chi connectivity index (χ1v) is 10.6. The number of ether oxygens (including phenoxy) is 2. The molecule has 3 aromatic rings. The monoisotopic (exact) mass is 433 g/mol. The van der Waals surface area contributed by atoms with Crippen LogP contribution in [0, 0.1) is 11.3 Å². The number of hydrogen-bond acceptors (Lipinski definition) is 6. The van der Waals surface area contributed by atoms with E-state index < -0.39 is 5.56 Å². The molecule has 1 aliphatic carbocycles. The first-order chi connectivity index (χ1) is 14.8. The van der Waals surface area contributed by atoms with Crippen LogP contribution in [-0.4, -0.2) is 19.2 Å². The number of rotatable bonds is 4. The highest BCUT2D eigenvalue weighted by atomic mass is 32.1. The Morgan fingerprint density at radius 1 is 1.23 bits per heavy atom. The minimum Gasteiger partial charge on any atom is -0.493 e. The van der Waals surface area contributed by atoms with Gasteiger partial charge in [0.05, 0.1) is 19.9 Å². The van der Waals surface area contributed by atoms with Gasteiger partial charge in [-0.05, 0) is 35.8 Å². The Morgan fingerprint density at radius 3 is 2.65 bits per heavy atom. The standard InChI is InChI=1S/C24H23N3O3S/c1-24(2)11-14(6-5-13-7-8-17(29-3)18(10-13)30-4)9-15-19-20(26)16(12-25)22(28)27-23(19)31-21(15)24/h5-10H,11H2,1-4H3,(H3,26,27,28)/b6-5+. The number of nitrogen functional groups attached to an aromatic ring is 1. The number of nitrogens with zero attached hydrogens (tertiary/aromatic N) is 1. The lowest BCUT2D eigenvalue weighted by Gasteiger charge is -2.29. The Kier molecular flexibility index (Phi) is 5.11. The summed E-state index contributed by atoms with van der Waals surface area (Å²) in [6.07, 6.45) is 7.07. The number of nitrogens with one attached hydrogen (secondary N) is 1. The molecule has 0 amide bonds. The van der Waals surface area contributed by atoms with Crippen molar-refractivity contribution in [1.29, 1.82) is 5.26 Å². The van der Waals surface area contributed by atoms with Gasteiger partial charge >= 0.3 is 0 Å². The van der Waals surface area contributed by atoms with Gasteiger partial charge in [-0.1, -0.05) is 32.1 Å². The molecule has 2 aromatic heterocycles. The fourth-order valence-corrected chi connectivity index (χ4v) is 5.35. The number of allylic oxidation sites excluding steroid dienone is 2. The minimum atomic E-state index is -0.443. The number of nitriles is 1. The molecule has 0 aliphatic heterocycles. The van der Waals surface area contributed by atoms with E-state index in [-0.39, 0.29) is 16.7 Å². The van der Waals surface area contributed by atoms with Crippen molar-refractivity contribution in [2.24, 2.45) is 0 Å². The molecule has 158 valence electrons. The molecule has 0 saturated carbocycles. The van der Waals surface area contributed by atoms with Crippen LogP contribution in [0.2, 0.25) is 0 Å². The zero-order chi connectivity index (χ0) is 22.3. The van der Waals surface area contributed by atoms with Gasteiger partial charge in [0.1, 0.15) is 16.5 Å². The van der Waals surface area contributed by atoms with Crippen molar-refractivity contribution in [3.05, 3.63) is 61.8 Å². The van der Waals surface area contributed by atoms with E-state index in [4.69, 9.17) is 15.2 Å². The largest absolute Gasteiger partial charge is 0.493 e. The van der Waals surface area contributed by atoms with Crippen molar-refractivity contribution in [1.82, 2.24) is 4.98 Å². The maximum absolute atomic E-state index is 12.2. The van der Waals surface area contributed by atoms with Crippen molar-refractivity contribution < 1.29 is 9.47 Å².